The minimum absolute atomic E-state index is 0.0880. The molecule has 0 fully saturated rings. The first kappa shape index (κ1) is 26.1. The summed E-state index contributed by atoms with van der Waals surface area (Å²) in [4.78, 5) is 31.8. The molecule has 0 atom stereocenters. The molecule has 0 aliphatic heterocycles. The normalized spacial score (nSPS) is 11.1. The summed E-state index contributed by atoms with van der Waals surface area (Å²) in [6.45, 7) is -0.142. The Hall–Kier alpha value is -5.01. The number of alkyl halides is 3. The van der Waals surface area contributed by atoms with E-state index in [1.807, 2.05) is 0 Å². The van der Waals surface area contributed by atoms with Crippen molar-refractivity contribution in [3.8, 4) is 17.2 Å². The van der Waals surface area contributed by atoms with Crippen LogP contribution in [0.3, 0.4) is 0 Å². The van der Waals surface area contributed by atoms with Gasteiger partial charge in [-0.1, -0.05) is 6.07 Å². The highest BCUT2D eigenvalue weighted by atomic mass is 19.4. The van der Waals surface area contributed by atoms with Crippen molar-refractivity contribution >= 4 is 17.6 Å². The molecule has 4 rings (SSSR count). The fourth-order valence-electron chi connectivity index (χ4n) is 3.28. The number of urea groups is 1. The Morgan fingerprint density at radius 2 is 1.89 bits per heavy atom. The first-order chi connectivity index (χ1) is 18.1. The Bertz CT molecular complexity index is 1460. The molecule has 2 aromatic carbocycles. The van der Waals surface area contributed by atoms with Crippen molar-refractivity contribution in [3.63, 3.8) is 0 Å². The van der Waals surface area contributed by atoms with Crippen LogP contribution in [-0.2, 0) is 12.7 Å². The lowest BCUT2D eigenvalue weighted by Gasteiger charge is -2.15. The van der Waals surface area contributed by atoms with Gasteiger partial charge in [0.05, 0.1) is 16.9 Å². The number of pyridine rings is 1. The first-order valence-electron chi connectivity index (χ1n) is 10.9. The molecule has 10 nitrogen and oxygen atoms in total. The number of carbonyl (C=O) groups is 2. The number of nitrogens with one attached hydrogen (secondary N) is 3. The van der Waals surface area contributed by atoms with E-state index in [1.54, 1.807) is 0 Å². The minimum atomic E-state index is -4.63. The summed E-state index contributed by atoms with van der Waals surface area (Å²) in [7, 11) is 1.44. The van der Waals surface area contributed by atoms with Crippen LogP contribution in [0.4, 0.5) is 28.0 Å². The molecular formula is C24H19F4N7O3. The maximum Gasteiger partial charge on any atom is 0.416 e. The van der Waals surface area contributed by atoms with Gasteiger partial charge in [-0.25, -0.2) is 18.9 Å². The summed E-state index contributed by atoms with van der Waals surface area (Å²) in [6, 6.07) is 8.71. The van der Waals surface area contributed by atoms with Crippen LogP contribution in [0.25, 0.3) is 5.69 Å². The number of hydrogen-bond acceptors (Lipinski definition) is 6. The number of halogens is 4. The standard InChI is InChI=1S/C24H19F4N7O3/c1-29-22(36)19-10-16(6-7-31-19)38-21-5-2-14(8-17(21)25)11-32-23(37)34-18-9-15(24(26,27)28)3-4-20(18)35-13-30-12-33-35/h2-10,12-13H,11H2,1H3,(H,29,36)(H2,32,34,37). The summed E-state index contributed by atoms with van der Waals surface area (Å²) in [5.74, 6) is -1.12. The molecule has 38 heavy (non-hydrogen) atoms. The zero-order valence-corrected chi connectivity index (χ0v) is 19.6. The molecular weight excluding hydrogens is 510 g/mol. The maximum atomic E-state index is 14.6. The number of ether oxygens (including phenoxy) is 1. The van der Waals surface area contributed by atoms with Gasteiger partial charge in [0.15, 0.2) is 11.6 Å². The van der Waals surface area contributed by atoms with E-state index in [-0.39, 0.29) is 35.1 Å². The van der Waals surface area contributed by atoms with Gasteiger partial charge in [-0.2, -0.15) is 18.3 Å². The second kappa shape index (κ2) is 10.9. The van der Waals surface area contributed by atoms with Crippen LogP contribution >= 0.6 is 0 Å². The van der Waals surface area contributed by atoms with Gasteiger partial charge < -0.3 is 20.7 Å². The average Bonchev–Trinajstić information content (AvgIpc) is 3.43. The second-order valence-electron chi connectivity index (χ2n) is 7.70. The smallest absolute Gasteiger partial charge is 0.416 e. The second-order valence-corrected chi connectivity index (χ2v) is 7.70. The van der Waals surface area contributed by atoms with E-state index in [2.05, 4.69) is 31.0 Å². The van der Waals surface area contributed by atoms with Crippen molar-refractivity contribution in [1.82, 2.24) is 30.4 Å². The van der Waals surface area contributed by atoms with Crippen molar-refractivity contribution in [2.24, 2.45) is 0 Å². The third kappa shape index (κ3) is 6.21. The largest absolute Gasteiger partial charge is 0.454 e. The van der Waals surface area contributed by atoms with Crippen LogP contribution in [0.1, 0.15) is 21.6 Å². The van der Waals surface area contributed by atoms with Gasteiger partial charge in [0.2, 0.25) is 0 Å². The van der Waals surface area contributed by atoms with Gasteiger partial charge in [-0.3, -0.25) is 9.78 Å². The number of rotatable bonds is 7. The van der Waals surface area contributed by atoms with E-state index in [0.29, 0.717) is 5.56 Å². The molecule has 2 heterocycles. The molecule has 196 valence electrons. The monoisotopic (exact) mass is 529 g/mol. The lowest BCUT2D eigenvalue weighted by atomic mass is 10.1. The zero-order valence-electron chi connectivity index (χ0n) is 19.6. The van der Waals surface area contributed by atoms with Gasteiger partial charge in [0.1, 0.15) is 24.1 Å². The van der Waals surface area contributed by atoms with Gasteiger partial charge >= 0.3 is 12.2 Å². The number of anilines is 1. The molecule has 2 aromatic heterocycles. The topological polar surface area (TPSA) is 123 Å². The Kier molecular flexibility index (Phi) is 7.50. The fraction of sp³-hybridized carbons (Fsp3) is 0.125. The molecule has 0 saturated carbocycles. The molecule has 14 heteroatoms. The van der Waals surface area contributed by atoms with E-state index in [0.717, 1.165) is 24.3 Å². The summed E-state index contributed by atoms with van der Waals surface area (Å²) < 4.78 is 60.9. The van der Waals surface area contributed by atoms with Crippen molar-refractivity contribution in [2.45, 2.75) is 12.7 Å². The highest BCUT2D eigenvalue weighted by Crippen LogP contribution is 2.33. The average molecular weight is 529 g/mol. The van der Waals surface area contributed by atoms with E-state index in [4.69, 9.17) is 4.74 Å². The van der Waals surface area contributed by atoms with Crippen LogP contribution < -0.4 is 20.7 Å². The van der Waals surface area contributed by atoms with Gasteiger partial charge in [0.25, 0.3) is 5.91 Å². The number of carbonyl (C=O) groups excluding carboxylic acids is 2. The third-order valence-corrected chi connectivity index (χ3v) is 5.11. The number of aromatic nitrogens is 4. The van der Waals surface area contributed by atoms with Gasteiger partial charge in [-0.15, -0.1) is 0 Å². The number of benzene rings is 2. The molecule has 3 N–H and O–H groups in total. The number of amides is 3. The van der Waals surface area contributed by atoms with Crippen LogP contribution in [0, 0.1) is 5.82 Å². The molecule has 0 unspecified atom stereocenters. The van der Waals surface area contributed by atoms with E-state index >= 15 is 0 Å². The van der Waals surface area contributed by atoms with Crippen molar-refractivity contribution in [3.05, 3.63) is 90.0 Å². The fourth-order valence-corrected chi connectivity index (χ4v) is 3.28. The number of hydrogen-bond donors (Lipinski definition) is 3. The van der Waals surface area contributed by atoms with E-state index in [9.17, 15) is 27.2 Å². The Labute approximate surface area is 212 Å². The molecule has 0 aliphatic carbocycles. The summed E-state index contributed by atoms with van der Waals surface area (Å²) >= 11 is 0. The van der Waals surface area contributed by atoms with Crippen molar-refractivity contribution < 1.29 is 31.9 Å². The molecule has 0 radical (unpaired) electrons. The summed E-state index contributed by atoms with van der Waals surface area (Å²) in [5.41, 5.74) is -0.526. The molecule has 0 saturated heterocycles. The lowest BCUT2D eigenvalue weighted by molar-refractivity contribution is -0.137. The summed E-state index contributed by atoms with van der Waals surface area (Å²) in [5, 5.41) is 11.1. The molecule has 0 aliphatic rings. The molecule has 0 bridgehead atoms. The van der Waals surface area contributed by atoms with Crippen LogP contribution in [0.2, 0.25) is 0 Å². The molecule has 3 amide bonds. The van der Waals surface area contributed by atoms with Crippen molar-refractivity contribution in [2.75, 3.05) is 12.4 Å². The van der Waals surface area contributed by atoms with Crippen LogP contribution in [-0.4, -0.2) is 38.7 Å². The Balaban J connectivity index is 1.43. The predicted molar refractivity (Wildman–Crippen MR) is 126 cm³/mol. The number of nitrogens with zero attached hydrogens (tertiary/aromatic N) is 4. The predicted octanol–water partition coefficient (Wildman–Crippen LogP) is 4.29. The highest BCUT2D eigenvalue weighted by Gasteiger charge is 2.31. The lowest BCUT2D eigenvalue weighted by Crippen LogP contribution is -2.29. The zero-order chi connectivity index (χ0) is 27.3. The van der Waals surface area contributed by atoms with E-state index < -0.39 is 29.5 Å². The van der Waals surface area contributed by atoms with Crippen LogP contribution in [0.15, 0.2) is 67.4 Å². The Morgan fingerprint density at radius 1 is 1.08 bits per heavy atom. The summed E-state index contributed by atoms with van der Waals surface area (Å²) in [6.07, 6.45) is -0.828. The SMILES string of the molecule is CNC(=O)c1cc(Oc2ccc(CNC(=O)Nc3cc(C(F)(F)F)ccc3-n3cncn3)cc2F)ccn1. The van der Waals surface area contributed by atoms with Gasteiger partial charge in [0, 0.05) is 25.9 Å². The van der Waals surface area contributed by atoms with Gasteiger partial charge in [-0.05, 0) is 42.0 Å². The first-order valence-corrected chi connectivity index (χ1v) is 10.9. The maximum absolute atomic E-state index is 14.6. The molecule has 4 aromatic rings. The quantitative estimate of drug-likeness (QED) is 0.307. The third-order valence-electron chi connectivity index (χ3n) is 5.11. The van der Waals surface area contributed by atoms with Crippen molar-refractivity contribution in [1.29, 1.82) is 0 Å². The minimum Gasteiger partial charge on any atom is -0.454 e. The van der Waals surface area contributed by atoms with Crippen LogP contribution in [0.5, 0.6) is 11.5 Å². The highest BCUT2D eigenvalue weighted by molar-refractivity contribution is 5.92. The molecule has 0 spiro atoms. The Morgan fingerprint density at radius 3 is 2.58 bits per heavy atom. The van der Waals surface area contributed by atoms with E-state index in [1.165, 1.54) is 54.8 Å².